The smallest absolute Gasteiger partial charge is 0.303 e. The molecule has 1 atom stereocenters. The fourth-order valence-corrected chi connectivity index (χ4v) is 2.59. The van der Waals surface area contributed by atoms with Crippen LogP contribution < -0.4 is 5.32 Å². The molecule has 1 rings (SSSR count). The van der Waals surface area contributed by atoms with Gasteiger partial charge in [-0.3, -0.25) is 13.8 Å². The summed E-state index contributed by atoms with van der Waals surface area (Å²) in [6, 6.07) is 5.57. The van der Waals surface area contributed by atoms with E-state index >= 15 is 0 Å². The minimum Gasteiger partial charge on any atom is -0.481 e. The Morgan fingerprint density at radius 1 is 1.25 bits per heavy atom. The van der Waals surface area contributed by atoms with Gasteiger partial charge < -0.3 is 10.4 Å². The number of carboxylic acid groups (broad SMARTS) is 1. The molecule has 0 bridgehead atoms. The topological polar surface area (TPSA) is 83.5 Å². The first-order valence-corrected chi connectivity index (χ1v) is 7.81. The van der Waals surface area contributed by atoms with Crippen LogP contribution in [0.5, 0.6) is 0 Å². The molecule has 0 aliphatic heterocycles. The summed E-state index contributed by atoms with van der Waals surface area (Å²) in [5.41, 5.74) is 2.89. The third kappa shape index (κ3) is 5.97. The Morgan fingerprint density at radius 2 is 1.95 bits per heavy atom. The molecule has 0 fully saturated rings. The highest BCUT2D eigenvalue weighted by atomic mass is 32.2. The lowest BCUT2D eigenvalue weighted by atomic mass is 10.1. The number of nitrogens with one attached hydrogen (secondary N) is 1. The van der Waals surface area contributed by atoms with Gasteiger partial charge in [0, 0.05) is 28.7 Å². The maximum Gasteiger partial charge on any atom is 0.303 e. The van der Waals surface area contributed by atoms with E-state index < -0.39 is 16.8 Å². The molecule has 5 nitrogen and oxygen atoms in total. The van der Waals surface area contributed by atoms with Gasteiger partial charge in [0.25, 0.3) is 0 Å². The van der Waals surface area contributed by atoms with Crippen molar-refractivity contribution in [3.63, 3.8) is 0 Å². The Hall–Kier alpha value is -1.69. The Labute approximate surface area is 120 Å². The van der Waals surface area contributed by atoms with E-state index in [2.05, 4.69) is 5.32 Å². The average molecular weight is 297 g/mol. The van der Waals surface area contributed by atoms with Crippen LogP contribution in [0.15, 0.2) is 18.2 Å². The van der Waals surface area contributed by atoms with E-state index in [0.717, 1.165) is 11.1 Å². The maximum absolute atomic E-state index is 11.7. The molecule has 1 amide bonds. The highest BCUT2D eigenvalue weighted by Crippen LogP contribution is 2.14. The van der Waals surface area contributed by atoms with E-state index in [9.17, 15) is 13.8 Å². The van der Waals surface area contributed by atoms with Crippen LogP contribution in [0.1, 0.15) is 24.0 Å². The zero-order valence-electron chi connectivity index (χ0n) is 11.6. The van der Waals surface area contributed by atoms with Crippen LogP contribution in [0.3, 0.4) is 0 Å². The third-order valence-electron chi connectivity index (χ3n) is 2.85. The van der Waals surface area contributed by atoms with E-state index in [0.29, 0.717) is 12.1 Å². The molecule has 1 aromatic rings. The van der Waals surface area contributed by atoms with Gasteiger partial charge in [0.15, 0.2) is 0 Å². The lowest BCUT2D eigenvalue weighted by Crippen LogP contribution is -2.21. The first kappa shape index (κ1) is 16.4. The van der Waals surface area contributed by atoms with E-state index in [1.807, 2.05) is 26.0 Å². The number of aliphatic carboxylic acids is 1. The summed E-state index contributed by atoms with van der Waals surface area (Å²) in [5, 5.41) is 11.2. The van der Waals surface area contributed by atoms with Gasteiger partial charge in [-0.15, -0.1) is 0 Å². The first-order valence-electron chi connectivity index (χ1n) is 6.32. The minimum absolute atomic E-state index is 0.0233. The standard InChI is InChI=1S/C14H19NO4S/c1-10-5-6-12(8-11(10)2)15-13(16)9-20(19)7-3-4-14(17)18/h5-6,8H,3-4,7,9H2,1-2H3,(H,15,16)(H,17,18). The molecule has 0 aliphatic rings. The number of aryl methyl sites for hydroxylation is 2. The lowest BCUT2D eigenvalue weighted by Gasteiger charge is -2.07. The van der Waals surface area contributed by atoms with E-state index in [4.69, 9.17) is 5.11 Å². The molecule has 0 saturated carbocycles. The summed E-state index contributed by atoms with van der Waals surface area (Å²) >= 11 is 0. The summed E-state index contributed by atoms with van der Waals surface area (Å²) in [4.78, 5) is 22.0. The number of carbonyl (C=O) groups excluding carboxylic acids is 1. The monoisotopic (exact) mass is 297 g/mol. The van der Waals surface area contributed by atoms with E-state index in [-0.39, 0.29) is 23.8 Å². The van der Waals surface area contributed by atoms with Crippen LogP contribution in [0, 0.1) is 13.8 Å². The van der Waals surface area contributed by atoms with Gasteiger partial charge in [-0.25, -0.2) is 0 Å². The third-order valence-corrected chi connectivity index (χ3v) is 4.17. The highest BCUT2D eigenvalue weighted by Gasteiger charge is 2.09. The van der Waals surface area contributed by atoms with Crippen LogP contribution in [-0.2, 0) is 20.4 Å². The molecule has 0 spiro atoms. The fourth-order valence-electron chi connectivity index (χ4n) is 1.62. The Morgan fingerprint density at radius 3 is 2.55 bits per heavy atom. The van der Waals surface area contributed by atoms with Gasteiger partial charge in [0.05, 0.1) is 0 Å². The van der Waals surface area contributed by atoms with Gasteiger partial charge in [-0.1, -0.05) is 6.07 Å². The van der Waals surface area contributed by atoms with Crippen molar-refractivity contribution in [1.82, 2.24) is 0 Å². The van der Waals surface area contributed by atoms with Crippen molar-refractivity contribution in [2.45, 2.75) is 26.7 Å². The summed E-state index contributed by atoms with van der Waals surface area (Å²) in [6.07, 6.45) is 0.295. The number of rotatable bonds is 7. The Bertz CT molecular complexity index is 528. The van der Waals surface area contributed by atoms with E-state index in [1.165, 1.54) is 0 Å². The number of amides is 1. The van der Waals surface area contributed by atoms with Crippen molar-refractivity contribution in [3.8, 4) is 0 Å². The number of carbonyl (C=O) groups is 2. The zero-order valence-corrected chi connectivity index (χ0v) is 12.5. The van der Waals surface area contributed by atoms with Crippen LogP contribution in [-0.4, -0.2) is 32.7 Å². The molecule has 0 radical (unpaired) electrons. The molecule has 0 heterocycles. The highest BCUT2D eigenvalue weighted by molar-refractivity contribution is 7.85. The molecule has 20 heavy (non-hydrogen) atoms. The first-order chi connectivity index (χ1) is 9.38. The van der Waals surface area contributed by atoms with E-state index in [1.54, 1.807) is 6.07 Å². The number of anilines is 1. The quantitative estimate of drug-likeness (QED) is 0.804. The second-order valence-electron chi connectivity index (χ2n) is 4.63. The Balaban J connectivity index is 2.41. The second kappa shape index (κ2) is 7.79. The van der Waals surface area contributed by atoms with Crippen molar-refractivity contribution in [2.75, 3.05) is 16.8 Å². The molecule has 0 saturated heterocycles. The van der Waals surface area contributed by atoms with Gasteiger partial charge >= 0.3 is 5.97 Å². The fraction of sp³-hybridized carbons (Fsp3) is 0.429. The van der Waals surface area contributed by atoms with Crippen LogP contribution >= 0.6 is 0 Å². The zero-order chi connectivity index (χ0) is 15.1. The molecule has 110 valence electrons. The number of benzene rings is 1. The number of hydrogen-bond acceptors (Lipinski definition) is 3. The molecular weight excluding hydrogens is 278 g/mol. The van der Waals surface area contributed by atoms with Crippen molar-refractivity contribution in [2.24, 2.45) is 0 Å². The maximum atomic E-state index is 11.7. The van der Waals surface area contributed by atoms with Crippen molar-refractivity contribution in [1.29, 1.82) is 0 Å². The molecule has 1 unspecified atom stereocenters. The van der Waals surface area contributed by atoms with Crippen LogP contribution in [0.2, 0.25) is 0 Å². The summed E-state index contributed by atoms with van der Waals surface area (Å²) < 4.78 is 11.6. The predicted molar refractivity (Wildman–Crippen MR) is 79.3 cm³/mol. The van der Waals surface area contributed by atoms with Crippen LogP contribution in [0.25, 0.3) is 0 Å². The summed E-state index contributed by atoms with van der Waals surface area (Å²) in [6.45, 7) is 3.94. The van der Waals surface area contributed by atoms with Gasteiger partial charge in [0.2, 0.25) is 5.91 Å². The molecule has 6 heteroatoms. The minimum atomic E-state index is -1.33. The number of carboxylic acids is 1. The molecule has 1 aromatic carbocycles. The van der Waals surface area contributed by atoms with Gasteiger partial charge in [-0.05, 0) is 43.5 Å². The SMILES string of the molecule is Cc1ccc(NC(=O)CS(=O)CCCC(=O)O)cc1C. The van der Waals surface area contributed by atoms with Crippen LogP contribution in [0.4, 0.5) is 5.69 Å². The summed E-state index contributed by atoms with van der Waals surface area (Å²) in [7, 11) is -1.33. The molecule has 2 N–H and O–H groups in total. The second-order valence-corrected chi connectivity index (χ2v) is 6.21. The normalized spacial score (nSPS) is 11.9. The van der Waals surface area contributed by atoms with Crippen molar-refractivity contribution >= 4 is 28.4 Å². The lowest BCUT2D eigenvalue weighted by molar-refractivity contribution is -0.137. The molecular formula is C14H19NO4S. The van der Waals surface area contributed by atoms with Gasteiger partial charge in [-0.2, -0.15) is 0 Å². The number of hydrogen-bond donors (Lipinski definition) is 2. The molecule has 0 aromatic heterocycles. The van der Waals surface area contributed by atoms with Gasteiger partial charge in [0.1, 0.15) is 5.75 Å². The average Bonchev–Trinajstić information content (AvgIpc) is 2.33. The van der Waals surface area contributed by atoms with Crippen molar-refractivity contribution < 1.29 is 18.9 Å². The largest absolute Gasteiger partial charge is 0.481 e. The van der Waals surface area contributed by atoms with Crippen molar-refractivity contribution in [3.05, 3.63) is 29.3 Å². The predicted octanol–water partition coefficient (Wildman–Crippen LogP) is 1.86. The Kier molecular flexibility index (Phi) is 6.38. The molecule has 0 aliphatic carbocycles. The summed E-state index contributed by atoms with van der Waals surface area (Å²) in [5.74, 6) is -1.11.